The third-order valence-corrected chi connectivity index (χ3v) is 6.42. The number of fused-ring (bicyclic) bond motifs is 2. The van der Waals surface area contributed by atoms with Gasteiger partial charge in [0.1, 0.15) is 0 Å². The van der Waals surface area contributed by atoms with E-state index in [0.29, 0.717) is 5.91 Å². The van der Waals surface area contributed by atoms with Gasteiger partial charge in [0.25, 0.3) is 0 Å². The number of alkyl halides is 1. The van der Waals surface area contributed by atoms with E-state index in [2.05, 4.69) is 20.8 Å². The minimum atomic E-state index is 0.445. The Morgan fingerprint density at radius 2 is 1.89 bits per heavy atom. The Bertz CT molecular complexity index is 312. The van der Waals surface area contributed by atoms with Gasteiger partial charge in [-0.1, -0.05) is 22.4 Å². The molecule has 0 radical (unpaired) electrons. The van der Waals surface area contributed by atoms with Crippen molar-refractivity contribution in [2.45, 2.75) is 44.9 Å². The van der Waals surface area contributed by atoms with Crippen LogP contribution < -0.4 is 0 Å². The van der Waals surface area contributed by atoms with Crippen LogP contribution in [-0.4, -0.2) is 29.2 Å². The first-order valence-corrected chi connectivity index (χ1v) is 8.72. The number of hydrogen-bond donors (Lipinski definition) is 0. The number of likely N-dealkylation sites (tertiary alicyclic amines) is 1. The van der Waals surface area contributed by atoms with E-state index in [-0.39, 0.29) is 0 Å². The van der Waals surface area contributed by atoms with E-state index < -0.39 is 0 Å². The van der Waals surface area contributed by atoms with Crippen molar-refractivity contribution in [3.05, 3.63) is 0 Å². The zero-order valence-electron chi connectivity index (χ0n) is 11.1. The highest BCUT2D eigenvalue weighted by Crippen LogP contribution is 2.49. The van der Waals surface area contributed by atoms with Crippen molar-refractivity contribution < 1.29 is 4.79 Å². The summed E-state index contributed by atoms with van der Waals surface area (Å²) in [6.45, 7) is 1.99. The lowest BCUT2D eigenvalue weighted by atomic mass is 9.86. The monoisotopic (exact) mass is 313 g/mol. The van der Waals surface area contributed by atoms with Crippen LogP contribution in [0.15, 0.2) is 0 Å². The van der Waals surface area contributed by atoms with Gasteiger partial charge >= 0.3 is 0 Å². The molecule has 3 heteroatoms. The van der Waals surface area contributed by atoms with E-state index in [1.807, 2.05) is 0 Å². The van der Waals surface area contributed by atoms with Crippen molar-refractivity contribution in [2.24, 2.45) is 23.7 Å². The molecule has 2 nitrogen and oxygen atoms in total. The SMILES string of the molecule is O=C(CC1CC2CCC1C2)N1CCC(CBr)CC1. The van der Waals surface area contributed by atoms with E-state index in [9.17, 15) is 4.79 Å². The lowest BCUT2D eigenvalue weighted by molar-refractivity contribution is -0.133. The standard InChI is InChI=1S/C15H24BrNO/c16-10-11-3-5-17(6-4-11)15(18)9-14-8-12-1-2-13(14)7-12/h11-14H,1-10H2. The molecular weight excluding hydrogens is 290 g/mol. The van der Waals surface area contributed by atoms with Crippen LogP contribution in [-0.2, 0) is 4.79 Å². The number of amides is 1. The molecule has 102 valence electrons. The van der Waals surface area contributed by atoms with Gasteiger partial charge in [-0.15, -0.1) is 0 Å². The number of rotatable bonds is 3. The van der Waals surface area contributed by atoms with Crippen LogP contribution in [0.25, 0.3) is 0 Å². The van der Waals surface area contributed by atoms with Crippen LogP contribution in [0.3, 0.4) is 0 Å². The normalized spacial score (nSPS) is 36.3. The Kier molecular flexibility index (Phi) is 3.97. The average Bonchev–Trinajstić information content (AvgIpc) is 3.01. The predicted octanol–water partition coefficient (Wildman–Crippen LogP) is 3.45. The highest BCUT2D eigenvalue weighted by Gasteiger charge is 2.40. The van der Waals surface area contributed by atoms with Crippen LogP contribution >= 0.6 is 15.9 Å². The average molecular weight is 314 g/mol. The van der Waals surface area contributed by atoms with Crippen molar-refractivity contribution in [3.63, 3.8) is 0 Å². The number of carbonyl (C=O) groups is 1. The summed E-state index contributed by atoms with van der Waals surface area (Å²) in [5, 5.41) is 1.10. The molecule has 1 heterocycles. The molecule has 3 fully saturated rings. The summed E-state index contributed by atoms with van der Waals surface area (Å²) in [5.74, 6) is 3.81. The fourth-order valence-electron chi connectivity index (χ4n) is 4.32. The third-order valence-electron chi connectivity index (χ3n) is 5.51. The van der Waals surface area contributed by atoms with Crippen molar-refractivity contribution >= 4 is 21.8 Å². The van der Waals surface area contributed by atoms with Gasteiger partial charge in [0.2, 0.25) is 5.91 Å². The second-order valence-electron chi connectivity index (χ2n) is 6.62. The summed E-state index contributed by atoms with van der Waals surface area (Å²) in [6.07, 6.45) is 8.82. The molecule has 2 aliphatic carbocycles. The third kappa shape index (κ3) is 2.61. The Balaban J connectivity index is 1.47. The van der Waals surface area contributed by atoms with E-state index in [0.717, 1.165) is 48.5 Å². The zero-order chi connectivity index (χ0) is 12.5. The lowest BCUT2D eigenvalue weighted by Crippen LogP contribution is -2.39. The molecule has 0 aromatic heterocycles. The van der Waals surface area contributed by atoms with Gasteiger partial charge in [0.05, 0.1) is 0 Å². The zero-order valence-corrected chi connectivity index (χ0v) is 12.7. The predicted molar refractivity (Wildman–Crippen MR) is 76.7 cm³/mol. The molecule has 2 bridgehead atoms. The van der Waals surface area contributed by atoms with Gasteiger partial charge in [0.15, 0.2) is 0 Å². The number of carbonyl (C=O) groups excluding carboxylic acids is 1. The Morgan fingerprint density at radius 1 is 1.11 bits per heavy atom. The quantitative estimate of drug-likeness (QED) is 0.731. The van der Waals surface area contributed by atoms with Crippen LogP contribution in [0, 0.1) is 23.7 Å². The van der Waals surface area contributed by atoms with Crippen LogP contribution in [0.1, 0.15) is 44.9 Å². The smallest absolute Gasteiger partial charge is 0.222 e. The fraction of sp³-hybridized carbons (Fsp3) is 0.933. The summed E-state index contributed by atoms with van der Waals surface area (Å²) < 4.78 is 0. The van der Waals surface area contributed by atoms with E-state index in [1.54, 1.807) is 0 Å². The largest absolute Gasteiger partial charge is 0.343 e. The fourth-order valence-corrected chi connectivity index (χ4v) is 4.96. The van der Waals surface area contributed by atoms with Crippen LogP contribution in [0.4, 0.5) is 0 Å². The van der Waals surface area contributed by atoms with Crippen molar-refractivity contribution in [1.29, 1.82) is 0 Å². The first-order chi connectivity index (χ1) is 8.76. The van der Waals surface area contributed by atoms with Gasteiger partial charge in [-0.25, -0.2) is 0 Å². The van der Waals surface area contributed by atoms with Gasteiger partial charge in [0, 0.05) is 24.8 Å². The van der Waals surface area contributed by atoms with Crippen molar-refractivity contribution in [1.82, 2.24) is 4.90 Å². The van der Waals surface area contributed by atoms with Crippen LogP contribution in [0.5, 0.6) is 0 Å². The number of piperidine rings is 1. The molecule has 3 unspecified atom stereocenters. The highest BCUT2D eigenvalue weighted by molar-refractivity contribution is 9.09. The molecule has 1 aliphatic heterocycles. The topological polar surface area (TPSA) is 20.3 Å². The summed E-state index contributed by atoms with van der Waals surface area (Å²) in [4.78, 5) is 14.5. The van der Waals surface area contributed by atoms with Crippen molar-refractivity contribution in [2.75, 3.05) is 18.4 Å². The molecule has 18 heavy (non-hydrogen) atoms. The second-order valence-corrected chi connectivity index (χ2v) is 7.27. The van der Waals surface area contributed by atoms with Gasteiger partial charge in [-0.05, 0) is 55.8 Å². The second kappa shape index (κ2) is 5.52. The molecule has 2 saturated carbocycles. The van der Waals surface area contributed by atoms with E-state index in [4.69, 9.17) is 0 Å². The molecular formula is C15H24BrNO. The molecule has 1 saturated heterocycles. The number of hydrogen-bond acceptors (Lipinski definition) is 1. The summed E-state index contributed by atoms with van der Waals surface area (Å²) in [5.41, 5.74) is 0. The van der Waals surface area contributed by atoms with Crippen molar-refractivity contribution in [3.8, 4) is 0 Å². The number of nitrogens with zero attached hydrogens (tertiary/aromatic N) is 1. The molecule has 3 aliphatic rings. The number of halogens is 1. The first-order valence-electron chi connectivity index (χ1n) is 7.60. The summed E-state index contributed by atoms with van der Waals surface area (Å²) >= 11 is 3.56. The molecule has 3 atom stereocenters. The van der Waals surface area contributed by atoms with E-state index in [1.165, 1.54) is 38.5 Å². The van der Waals surface area contributed by atoms with Gasteiger partial charge in [-0.2, -0.15) is 0 Å². The summed E-state index contributed by atoms with van der Waals surface area (Å²) in [7, 11) is 0. The van der Waals surface area contributed by atoms with Gasteiger partial charge < -0.3 is 4.90 Å². The molecule has 0 aromatic carbocycles. The van der Waals surface area contributed by atoms with Crippen LogP contribution in [0.2, 0.25) is 0 Å². The first kappa shape index (κ1) is 13.0. The Labute approximate surface area is 119 Å². The molecule has 3 rings (SSSR count). The maximum atomic E-state index is 12.3. The van der Waals surface area contributed by atoms with Gasteiger partial charge in [-0.3, -0.25) is 4.79 Å². The lowest BCUT2D eigenvalue weighted by Gasteiger charge is -2.33. The molecule has 1 amide bonds. The van der Waals surface area contributed by atoms with E-state index >= 15 is 0 Å². The minimum absolute atomic E-state index is 0.445. The molecule has 0 spiro atoms. The maximum Gasteiger partial charge on any atom is 0.222 e. The Morgan fingerprint density at radius 3 is 2.44 bits per heavy atom. The Hall–Kier alpha value is -0.0500. The highest BCUT2D eigenvalue weighted by atomic mass is 79.9. The molecule has 0 N–H and O–H groups in total. The molecule has 0 aromatic rings. The maximum absolute atomic E-state index is 12.3. The summed E-state index contributed by atoms with van der Waals surface area (Å²) in [6, 6.07) is 0. The minimum Gasteiger partial charge on any atom is -0.343 e.